The van der Waals surface area contributed by atoms with Gasteiger partial charge in [-0.25, -0.2) is 9.59 Å². The van der Waals surface area contributed by atoms with Crippen LogP contribution in [-0.2, 0) is 14.3 Å². The van der Waals surface area contributed by atoms with Crippen LogP contribution in [0.15, 0.2) is 50.2 Å². The maximum atomic E-state index is 12.5. The van der Waals surface area contributed by atoms with Crippen LogP contribution in [0.5, 0.6) is 0 Å². The van der Waals surface area contributed by atoms with Gasteiger partial charge >= 0.3 is 11.9 Å². The fourth-order valence-corrected chi connectivity index (χ4v) is 3.01. The molecule has 0 radical (unpaired) electrons. The first kappa shape index (κ1) is 22.5. The van der Waals surface area contributed by atoms with E-state index in [0.29, 0.717) is 11.0 Å². The van der Waals surface area contributed by atoms with Gasteiger partial charge in [0.25, 0.3) is 5.91 Å². The lowest BCUT2D eigenvalue weighted by atomic mass is 10.1. The molecule has 32 heavy (non-hydrogen) atoms. The molecule has 3 aromatic rings. The van der Waals surface area contributed by atoms with Crippen LogP contribution >= 0.6 is 0 Å². The third kappa shape index (κ3) is 4.61. The third-order valence-corrected chi connectivity index (χ3v) is 4.40. The summed E-state index contributed by atoms with van der Waals surface area (Å²) in [4.78, 5) is 49.7. The van der Waals surface area contributed by atoms with E-state index >= 15 is 0 Å². The molecule has 0 fully saturated rings. The van der Waals surface area contributed by atoms with Crippen molar-refractivity contribution in [2.75, 3.05) is 18.5 Å². The van der Waals surface area contributed by atoms with Gasteiger partial charge < -0.3 is 18.3 Å². The van der Waals surface area contributed by atoms with Crippen molar-refractivity contribution in [3.05, 3.63) is 69.3 Å². The van der Waals surface area contributed by atoms with E-state index < -0.39 is 17.8 Å². The van der Waals surface area contributed by atoms with Crippen molar-refractivity contribution in [3.8, 4) is 0 Å². The second-order valence-corrected chi connectivity index (χ2v) is 6.52. The number of amides is 1. The molecule has 1 N–H and O–H groups in total. The Hall–Kier alpha value is -4.14. The van der Waals surface area contributed by atoms with Gasteiger partial charge in [0.2, 0.25) is 5.88 Å². The second-order valence-electron chi connectivity index (χ2n) is 6.52. The lowest BCUT2D eigenvalue weighted by Crippen LogP contribution is -2.16. The second kappa shape index (κ2) is 9.78. The molecular formula is C23H21NO8. The number of esters is 2. The molecule has 0 spiro atoms. The maximum Gasteiger partial charge on any atom is 0.344 e. The molecule has 3 rings (SSSR count). The molecule has 0 bridgehead atoms. The lowest BCUT2D eigenvalue weighted by Gasteiger charge is -2.06. The molecule has 0 aliphatic rings. The number of rotatable bonds is 7. The number of ether oxygens (including phenoxy) is 2. The van der Waals surface area contributed by atoms with Crippen molar-refractivity contribution in [1.29, 1.82) is 0 Å². The number of para-hydroxylation sites is 1. The monoisotopic (exact) mass is 439 g/mol. The highest BCUT2D eigenvalue weighted by Crippen LogP contribution is 2.29. The highest BCUT2D eigenvalue weighted by molar-refractivity contribution is 6.11. The minimum absolute atomic E-state index is 0.0519. The van der Waals surface area contributed by atoms with Crippen LogP contribution in [0.2, 0.25) is 0 Å². The van der Waals surface area contributed by atoms with E-state index in [1.165, 1.54) is 19.3 Å². The van der Waals surface area contributed by atoms with E-state index in [0.717, 1.165) is 6.08 Å². The largest absolute Gasteiger partial charge is 0.463 e. The van der Waals surface area contributed by atoms with E-state index in [-0.39, 0.29) is 47.0 Å². The number of fused-ring (bicyclic) bond motifs is 1. The van der Waals surface area contributed by atoms with Crippen molar-refractivity contribution < 1.29 is 32.7 Å². The maximum absolute atomic E-state index is 12.5. The van der Waals surface area contributed by atoms with E-state index in [1.807, 2.05) is 0 Å². The number of carbonyl (C=O) groups is 3. The summed E-state index contributed by atoms with van der Waals surface area (Å²) in [5.74, 6) is -2.50. The van der Waals surface area contributed by atoms with Crippen LogP contribution in [0.25, 0.3) is 17.0 Å². The molecule has 2 aromatic heterocycles. The normalized spacial score (nSPS) is 11.0. The summed E-state index contributed by atoms with van der Waals surface area (Å²) in [6.45, 7) is 4.82. The molecule has 9 heteroatoms. The Morgan fingerprint density at radius 1 is 1.03 bits per heavy atom. The SMILES string of the molecule is CCOC(=O)c1c(C)oc(NC(=O)/C=C/c2coc3ccccc3c2=O)c1C(=O)OCC. The summed E-state index contributed by atoms with van der Waals surface area (Å²) in [5.41, 5.74) is -0.0842. The van der Waals surface area contributed by atoms with E-state index in [4.69, 9.17) is 18.3 Å². The summed E-state index contributed by atoms with van der Waals surface area (Å²) in [6, 6.07) is 6.73. The number of nitrogens with one attached hydrogen (secondary N) is 1. The van der Waals surface area contributed by atoms with Gasteiger partial charge in [0.15, 0.2) is 5.43 Å². The number of benzene rings is 1. The van der Waals surface area contributed by atoms with Crippen molar-refractivity contribution >= 4 is 40.8 Å². The van der Waals surface area contributed by atoms with Crippen LogP contribution in [-0.4, -0.2) is 31.1 Å². The van der Waals surface area contributed by atoms with Crippen LogP contribution in [0.1, 0.15) is 45.9 Å². The lowest BCUT2D eigenvalue weighted by molar-refractivity contribution is -0.111. The average Bonchev–Trinajstić information content (AvgIpc) is 3.09. The minimum Gasteiger partial charge on any atom is -0.463 e. The molecule has 0 aliphatic carbocycles. The van der Waals surface area contributed by atoms with E-state index in [9.17, 15) is 19.2 Å². The van der Waals surface area contributed by atoms with E-state index in [2.05, 4.69) is 5.32 Å². The number of anilines is 1. The van der Waals surface area contributed by atoms with Gasteiger partial charge in [0.05, 0.1) is 24.2 Å². The molecule has 2 heterocycles. The van der Waals surface area contributed by atoms with Crippen molar-refractivity contribution in [2.24, 2.45) is 0 Å². The molecule has 0 saturated heterocycles. The molecule has 1 aromatic carbocycles. The number of hydrogen-bond acceptors (Lipinski definition) is 8. The topological polar surface area (TPSA) is 125 Å². The molecule has 0 aliphatic heterocycles. The number of aryl methyl sites for hydroxylation is 1. The van der Waals surface area contributed by atoms with Gasteiger partial charge in [-0.05, 0) is 39.0 Å². The standard InChI is InChI=1S/C23H21NO8/c1-4-29-22(27)18-13(3)32-21(19(18)23(28)30-5-2)24-17(25)11-10-14-12-31-16-9-7-6-8-15(16)20(14)26/h6-12H,4-5H2,1-3H3,(H,24,25)/b11-10+. The Balaban J connectivity index is 1.90. The zero-order valence-corrected chi connectivity index (χ0v) is 17.7. The molecule has 1 amide bonds. The van der Waals surface area contributed by atoms with Crippen LogP contribution in [0.4, 0.5) is 5.88 Å². The zero-order chi connectivity index (χ0) is 23.3. The predicted molar refractivity (Wildman–Crippen MR) is 116 cm³/mol. The number of carbonyl (C=O) groups excluding carboxylic acids is 3. The molecule has 0 atom stereocenters. The van der Waals surface area contributed by atoms with Crippen molar-refractivity contribution in [3.63, 3.8) is 0 Å². The van der Waals surface area contributed by atoms with Crippen LogP contribution in [0, 0.1) is 6.92 Å². The first-order chi connectivity index (χ1) is 15.4. The van der Waals surface area contributed by atoms with Gasteiger partial charge in [-0.3, -0.25) is 14.9 Å². The van der Waals surface area contributed by atoms with Gasteiger partial charge in [-0.1, -0.05) is 12.1 Å². The quantitative estimate of drug-likeness (QED) is 0.436. The smallest absolute Gasteiger partial charge is 0.344 e. The van der Waals surface area contributed by atoms with Crippen molar-refractivity contribution in [1.82, 2.24) is 0 Å². The van der Waals surface area contributed by atoms with Crippen molar-refractivity contribution in [2.45, 2.75) is 20.8 Å². The fraction of sp³-hybridized carbons (Fsp3) is 0.217. The Labute approximate surface area is 182 Å². The molecule has 9 nitrogen and oxygen atoms in total. The number of furan rings is 1. The molecule has 0 unspecified atom stereocenters. The minimum atomic E-state index is -0.846. The average molecular weight is 439 g/mol. The van der Waals surface area contributed by atoms with Gasteiger partial charge in [-0.15, -0.1) is 0 Å². The fourth-order valence-electron chi connectivity index (χ4n) is 3.01. The first-order valence-corrected chi connectivity index (χ1v) is 9.84. The summed E-state index contributed by atoms with van der Waals surface area (Å²) >= 11 is 0. The third-order valence-electron chi connectivity index (χ3n) is 4.40. The summed E-state index contributed by atoms with van der Waals surface area (Å²) < 4.78 is 20.8. The Bertz CT molecular complexity index is 1260. The molecule has 166 valence electrons. The van der Waals surface area contributed by atoms with Crippen LogP contribution in [0.3, 0.4) is 0 Å². The Kier molecular flexibility index (Phi) is 6.89. The first-order valence-electron chi connectivity index (χ1n) is 9.84. The van der Waals surface area contributed by atoms with Gasteiger partial charge in [0, 0.05) is 6.08 Å². The zero-order valence-electron chi connectivity index (χ0n) is 17.7. The highest BCUT2D eigenvalue weighted by atomic mass is 16.5. The summed E-state index contributed by atoms with van der Waals surface area (Å²) in [6.07, 6.45) is 3.60. The summed E-state index contributed by atoms with van der Waals surface area (Å²) in [7, 11) is 0. The van der Waals surface area contributed by atoms with Crippen LogP contribution < -0.4 is 10.7 Å². The number of hydrogen-bond donors (Lipinski definition) is 1. The highest BCUT2D eigenvalue weighted by Gasteiger charge is 2.31. The molecular weight excluding hydrogens is 418 g/mol. The van der Waals surface area contributed by atoms with E-state index in [1.54, 1.807) is 38.1 Å². The Morgan fingerprint density at radius 2 is 1.69 bits per heavy atom. The van der Waals surface area contributed by atoms with Gasteiger partial charge in [-0.2, -0.15) is 0 Å². The summed E-state index contributed by atoms with van der Waals surface area (Å²) in [5, 5.41) is 2.78. The Morgan fingerprint density at radius 3 is 2.38 bits per heavy atom. The molecule has 0 saturated carbocycles. The van der Waals surface area contributed by atoms with Gasteiger partial charge in [0.1, 0.15) is 28.7 Å². The predicted octanol–water partition coefficient (Wildman–Crippen LogP) is 3.70.